The molecule has 0 aromatic heterocycles. The topological polar surface area (TPSA) is 428 Å². The Morgan fingerprint density at radius 1 is 0.549 bits per heavy atom. The summed E-state index contributed by atoms with van der Waals surface area (Å²) in [7, 11) is 0. The minimum atomic E-state index is -1.14. The number of nitrogens with one attached hydrogen (secondary N) is 7. The molecular formula is C29H62N16O6+4. The van der Waals surface area contributed by atoms with Crippen LogP contribution in [0.4, 0.5) is 0 Å². The number of carbonyl (C=O) groups excluding carboxylic acids is 6. The van der Waals surface area contributed by atoms with Crippen LogP contribution in [0.1, 0.15) is 70.6 Å². The lowest BCUT2D eigenvalue weighted by Crippen LogP contribution is -2.78. The Morgan fingerprint density at radius 3 is 1.33 bits per heavy atom. The lowest BCUT2D eigenvalue weighted by molar-refractivity contribution is -0.460. The zero-order valence-corrected chi connectivity index (χ0v) is 29.3. The van der Waals surface area contributed by atoms with Gasteiger partial charge >= 0.3 is 17.9 Å². The highest BCUT2D eigenvalue weighted by Gasteiger charge is 2.31. The molecule has 290 valence electrons. The lowest BCUT2D eigenvalue weighted by atomic mass is 10.0. The summed E-state index contributed by atoms with van der Waals surface area (Å²) in [5.74, 6) is -3.33. The van der Waals surface area contributed by atoms with E-state index in [2.05, 4.69) is 42.0 Å². The van der Waals surface area contributed by atoms with Crippen LogP contribution < -0.4 is 87.8 Å². The fourth-order valence-electron chi connectivity index (χ4n) is 4.67. The van der Waals surface area contributed by atoms with Crippen LogP contribution in [0.15, 0.2) is 0 Å². The minimum Gasteiger partial charge on any atom is -0.370 e. The average molecular weight is 731 g/mol. The molecular weight excluding hydrogens is 668 g/mol. The van der Waals surface area contributed by atoms with Crippen LogP contribution in [0.2, 0.25) is 0 Å². The number of amides is 5. The van der Waals surface area contributed by atoms with Gasteiger partial charge < -0.3 is 43.3 Å². The van der Waals surface area contributed by atoms with E-state index in [1.807, 2.05) is 0 Å². The Morgan fingerprint density at radius 2 is 0.941 bits per heavy atom. The third kappa shape index (κ3) is 22.9. The van der Waals surface area contributed by atoms with Gasteiger partial charge in [0.25, 0.3) is 0 Å². The Kier molecular flexibility index (Phi) is 23.9. The molecule has 0 aromatic rings. The molecule has 22 heteroatoms. The highest BCUT2D eigenvalue weighted by Crippen LogP contribution is 2.07. The van der Waals surface area contributed by atoms with Crippen LogP contribution in [0, 0.1) is 0 Å². The molecule has 0 aliphatic carbocycles. The van der Waals surface area contributed by atoms with E-state index in [0.29, 0.717) is 51.5 Å². The van der Waals surface area contributed by atoms with Crippen molar-refractivity contribution in [2.45, 2.75) is 101 Å². The van der Waals surface area contributed by atoms with Gasteiger partial charge in [0.15, 0.2) is 0 Å². The Balaban J connectivity index is 6.09. The second-order valence-corrected chi connectivity index (χ2v) is 12.0. The predicted octanol–water partition coefficient (Wildman–Crippen LogP) is -12.5. The summed E-state index contributed by atoms with van der Waals surface area (Å²) in [4.78, 5) is 84.7. The lowest BCUT2D eigenvalue weighted by Gasteiger charge is -2.26. The maximum atomic E-state index is 13.7. The molecule has 0 unspecified atom stereocenters. The van der Waals surface area contributed by atoms with Crippen molar-refractivity contribution in [1.29, 1.82) is 0 Å². The molecule has 0 spiro atoms. The van der Waals surface area contributed by atoms with Crippen LogP contribution in [0.5, 0.6) is 0 Å². The molecule has 0 aliphatic heterocycles. The normalized spacial score (nSPS) is 13.5. The molecule has 0 rings (SSSR count). The summed E-state index contributed by atoms with van der Waals surface area (Å²) in [6, 6.07) is -5.36. The standard InChI is InChI=1S/C29H58N16O6/c30-12-2-1-7-19(44-26(51)21(9-5-15-41-29(37)38)43-23(48)18(31)10-11-22(32)47)25(50)45-20(8-4-14-40-28(35)36)24(49)42-17(16-46)6-3-13-39-27(33)34/h16-21H,1-15,30-31H2,(H2,32,47)(H,42,49)(H,43,48)(H,44,51)(H,45,50)(H4,33,34,39)(H4,35,36,40)(H4,37,38,41)/p+4/t17-,18-,19-,20-,21-/m0/s1. The van der Waals surface area contributed by atoms with Gasteiger partial charge in [-0.3, -0.25) is 73.4 Å². The van der Waals surface area contributed by atoms with Crippen molar-refractivity contribution >= 4 is 53.7 Å². The second-order valence-electron chi connectivity index (χ2n) is 12.0. The first-order chi connectivity index (χ1) is 24.1. The van der Waals surface area contributed by atoms with E-state index in [-0.39, 0.29) is 69.5 Å². The molecule has 0 bridgehead atoms. The van der Waals surface area contributed by atoms with E-state index in [4.69, 9.17) is 45.9 Å². The van der Waals surface area contributed by atoms with Gasteiger partial charge in [0.2, 0.25) is 29.5 Å². The first-order valence-electron chi connectivity index (χ1n) is 17.0. The van der Waals surface area contributed by atoms with E-state index in [0.717, 1.165) is 0 Å². The van der Waals surface area contributed by atoms with Crippen LogP contribution in [0.25, 0.3) is 0 Å². The largest absolute Gasteiger partial charge is 0.370 e. The minimum absolute atomic E-state index is 0.0194. The van der Waals surface area contributed by atoms with Crippen LogP contribution in [0.3, 0.4) is 0 Å². The number of hydrogen-bond donors (Lipinski definition) is 16. The number of hydrogen-bond acceptors (Lipinski definition) is 7. The number of guanidine groups is 3. The summed E-state index contributed by atoms with van der Waals surface area (Å²) in [5.41, 5.74) is 47.5. The van der Waals surface area contributed by atoms with Gasteiger partial charge in [-0.05, 0) is 64.2 Å². The van der Waals surface area contributed by atoms with Crippen molar-refractivity contribution in [3.05, 3.63) is 0 Å². The average Bonchev–Trinajstić information content (AvgIpc) is 3.06. The first kappa shape index (κ1) is 45.8. The fourth-order valence-corrected chi connectivity index (χ4v) is 4.67. The molecule has 51 heavy (non-hydrogen) atoms. The van der Waals surface area contributed by atoms with Gasteiger partial charge in [-0.15, -0.1) is 0 Å². The van der Waals surface area contributed by atoms with Gasteiger partial charge in [-0.1, -0.05) is 0 Å². The third-order valence-electron chi connectivity index (χ3n) is 7.44. The zero-order valence-electron chi connectivity index (χ0n) is 29.3. The van der Waals surface area contributed by atoms with E-state index in [9.17, 15) is 28.8 Å². The number of primary amides is 1. The molecule has 22 nitrogen and oxygen atoms in total. The number of quaternary nitrogens is 1. The van der Waals surface area contributed by atoms with Crippen molar-refractivity contribution < 1.29 is 49.5 Å². The molecule has 0 saturated heterocycles. The van der Waals surface area contributed by atoms with Crippen LogP contribution in [-0.2, 0) is 28.8 Å². The summed E-state index contributed by atoms with van der Waals surface area (Å²) in [6.07, 6.45) is 3.38. The van der Waals surface area contributed by atoms with Gasteiger partial charge in [0.1, 0.15) is 24.4 Å². The second kappa shape index (κ2) is 26.6. The van der Waals surface area contributed by atoms with Crippen molar-refractivity contribution in [3.8, 4) is 0 Å². The van der Waals surface area contributed by atoms with E-state index < -0.39 is 59.7 Å². The number of rotatable bonds is 28. The molecule has 26 N–H and O–H groups in total. The van der Waals surface area contributed by atoms with Crippen molar-refractivity contribution in [2.75, 3.05) is 26.2 Å². The quantitative estimate of drug-likeness (QED) is 0.0154. The van der Waals surface area contributed by atoms with Crippen LogP contribution >= 0.6 is 0 Å². The van der Waals surface area contributed by atoms with Crippen molar-refractivity contribution in [1.82, 2.24) is 21.3 Å². The number of aldehydes is 1. The summed E-state index contributed by atoms with van der Waals surface area (Å²) < 4.78 is 0. The summed E-state index contributed by atoms with van der Waals surface area (Å²) in [5, 5.41) is 10.6. The van der Waals surface area contributed by atoms with Crippen LogP contribution in [-0.4, -0.2) is 110 Å². The maximum absolute atomic E-state index is 13.7. The van der Waals surface area contributed by atoms with Gasteiger partial charge in [-0.25, -0.2) is 0 Å². The monoisotopic (exact) mass is 731 g/mol. The molecule has 0 aliphatic rings. The Bertz CT molecular complexity index is 1200. The van der Waals surface area contributed by atoms with Crippen molar-refractivity contribution in [3.63, 3.8) is 0 Å². The highest BCUT2D eigenvalue weighted by atomic mass is 16.2. The van der Waals surface area contributed by atoms with Gasteiger partial charge in [0, 0.05) is 6.42 Å². The maximum Gasteiger partial charge on any atom is 0.338 e. The van der Waals surface area contributed by atoms with E-state index >= 15 is 0 Å². The van der Waals surface area contributed by atoms with Gasteiger partial charge in [-0.2, -0.15) is 0 Å². The fraction of sp³-hybridized carbons (Fsp3) is 0.690. The highest BCUT2D eigenvalue weighted by molar-refractivity contribution is 5.95. The number of unbranched alkanes of at least 4 members (excludes halogenated alkanes) is 1. The third-order valence-corrected chi connectivity index (χ3v) is 7.44. The molecule has 0 aromatic carbocycles. The Hall–Kier alpha value is -5.25. The first-order valence-corrected chi connectivity index (χ1v) is 17.0. The molecule has 5 amide bonds. The number of nitrogens with two attached hydrogens (primary N) is 8. The van der Waals surface area contributed by atoms with Gasteiger partial charge in [0.05, 0.1) is 38.3 Å². The molecule has 0 saturated carbocycles. The smallest absolute Gasteiger partial charge is 0.338 e. The molecule has 5 atom stereocenters. The Labute approximate surface area is 297 Å². The van der Waals surface area contributed by atoms with E-state index in [1.54, 1.807) is 0 Å². The van der Waals surface area contributed by atoms with E-state index in [1.165, 1.54) is 0 Å². The summed E-state index contributed by atoms with van der Waals surface area (Å²) >= 11 is 0. The predicted molar refractivity (Wildman–Crippen MR) is 187 cm³/mol. The van der Waals surface area contributed by atoms with Crippen molar-refractivity contribution in [2.24, 2.45) is 45.9 Å². The number of carbonyl (C=O) groups is 6. The molecule has 0 heterocycles. The summed E-state index contributed by atoms with van der Waals surface area (Å²) in [6.45, 7) is 1.52. The zero-order chi connectivity index (χ0) is 38.8. The molecule has 0 radical (unpaired) electrons. The molecule has 0 fully saturated rings. The SMILES string of the molecule is NC(=O)CC[C@H](N)C(=O)N[C@@H](CCC[NH+]=C(N)N)C(=O)N[C@@H](CCCC[NH3+])C(=O)N[C@@H](CCC[NH+]=C(N)N)C(=O)N[C@H](C=O)CCC[NH+]=C(N)N.